The number of esters is 3. The van der Waals surface area contributed by atoms with E-state index in [4.69, 9.17) is 14.2 Å². The Morgan fingerprint density at radius 3 is 0.683 bits per heavy atom. The topological polar surface area (TPSA) is 78.9 Å². The standard InChI is InChI=1S/C76H140O6/c1-4-7-10-13-16-19-22-25-28-31-33-35-37-38-40-41-43-45-48-51-54-57-60-63-66-69-75(78)81-72-73(71-80-74(77)68-65-62-59-56-53-50-47-30-27-24-21-18-15-12-9-6-3)82-76(79)70-67-64-61-58-55-52-49-46-44-42-39-36-34-32-29-26-23-20-17-14-11-8-5-2/h22,25,30-34,47,73H,4-21,23-24,26-29,35-46,48-72H2,1-3H3/b25-22-,33-31-,34-32-,47-30-. The maximum Gasteiger partial charge on any atom is 0.306 e. The molecule has 0 aliphatic carbocycles. The van der Waals surface area contributed by atoms with Crippen LogP contribution in [0.15, 0.2) is 48.6 Å². The molecule has 0 saturated carbocycles. The molecule has 0 rings (SSSR count). The van der Waals surface area contributed by atoms with Gasteiger partial charge in [-0.25, -0.2) is 0 Å². The Bertz CT molecular complexity index is 1410. The fourth-order valence-corrected chi connectivity index (χ4v) is 11.0. The molecule has 0 heterocycles. The summed E-state index contributed by atoms with van der Waals surface area (Å²) in [4.78, 5) is 38.5. The van der Waals surface area contributed by atoms with E-state index in [2.05, 4.69) is 69.4 Å². The van der Waals surface area contributed by atoms with Gasteiger partial charge in [-0.2, -0.15) is 0 Å². The van der Waals surface area contributed by atoms with Gasteiger partial charge in [0, 0.05) is 19.3 Å². The van der Waals surface area contributed by atoms with Crippen LogP contribution in [0.2, 0.25) is 0 Å². The second kappa shape index (κ2) is 70.9. The largest absolute Gasteiger partial charge is 0.462 e. The molecule has 0 amide bonds. The number of hydrogen-bond acceptors (Lipinski definition) is 6. The maximum absolute atomic E-state index is 13.0. The molecule has 0 aliphatic rings. The van der Waals surface area contributed by atoms with Crippen LogP contribution in [0.3, 0.4) is 0 Å². The van der Waals surface area contributed by atoms with Gasteiger partial charge in [-0.1, -0.05) is 326 Å². The highest BCUT2D eigenvalue weighted by molar-refractivity contribution is 5.71. The number of hydrogen-bond donors (Lipinski definition) is 0. The van der Waals surface area contributed by atoms with Gasteiger partial charge in [0.15, 0.2) is 6.10 Å². The molecule has 0 aromatic heterocycles. The summed E-state index contributed by atoms with van der Waals surface area (Å²) in [6.07, 6.45) is 90.0. The van der Waals surface area contributed by atoms with Crippen molar-refractivity contribution in [1.82, 2.24) is 0 Å². The molecule has 0 saturated heterocycles. The van der Waals surface area contributed by atoms with Gasteiger partial charge in [-0.15, -0.1) is 0 Å². The van der Waals surface area contributed by atoms with E-state index in [1.807, 2.05) is 0 Å². The molecule has 0 radical (unpaired) electrons. The van der Waals surface area contributed by atoms with Crippen LogP contribution < -0.4 is 0 Å². The monoisotopic (exact) mass is 1150 g/mol. The number of rotatable bonds is 68. The van der Waals surface area contributed by atoms with Crippen LogP contribution in [-0.2, 0) is 28.6 Å². The predicted molar refractivity (Wildman–Crippen MR) is 358 cm³/mol. The van der Waals surface area contributed by atoms with Crippen molar-refractivity contribution >= 4 is 17.9 Å². The molecule has 82 heavy (non-hydrogen) atoms. The first-order valence-electron chi connectivity index (χ1n) is 36.6. The van der Waals surface area contributed by atoms with Crippen molar-refractivity contribution in [3.63, 3.8) is 0 Å². The highest BCUT2D eigenvalue weighted by Gasteiger charge is 2.19. The van der Waals surface area contributed by atoms with Crippen molar-refractivity contribution in [2.75, 3.05) is 13.2 Å². The van der Waals surface area contributed by atoms with Gasteiger partial charge in [-0.3, -0.25) is 14.4 Å². The van der Waals surface area contributed by atoms with Crippen molar-refractivity contribution < 1.29 is 28.6 Å². The number of carbonyl (C=O) groups is 3. The number of carbonyl (C=O) groups excluding carboxylic acids is 3. The molecule has 0 fully saturated rings. The van der Waals surface area contributed by atoms with Crippen LogP contribution in [0.25, 0.3) is 0 Å². The second-order valence-corrected chi connectivity index (χ2v) is 24.8. The summed E-state index contributed by atoms with van der Waals surface area (Å²) in [5, 5.41) is 0. The van der Waals surface area contributed by atoms with Gasteiger partial charge in [0.1, 0.15) is 13.2 Å². The summed E-state index contributed by atoms with van der Waals surface area (Å²) < 4.78 is 17.0. The summed E-state index contributed by atoms with van der Waals surface area (Å²) in [7, 11) is 0. The first-order chi connectivity index (χ1) is 40.5. The molecule has 6 heteroatoms. The van der Waals surface area contributed by atoms with Crippen LogP contribution in [0.1, 0.15) is 400 Å². The zero-order chi connectivity index (χ0) is 59.2. The Kier molecular flexibility index (Phi) is 68.6. The fraction of sp³-hybridized carbons (Fsp3) is 0.855. The Morgan fingerprint density at radius 1 is 0.244 bits per heavy atom. The van der Waals surface area contributed by atoms with Gasteiger partial charge < -0.3 is 14.2 Å². The number of ether oxygens (including phenoxy) is 3. The van der Waals surface area contributed by atoms with Crippen LogP contribution in [0.5, 0.6) is 0 Å². The average molecular weight is 1150 g/mol. The predicted octanol–water partition coefficient (Wildman–Crippen LogP) is 25.3. The quantitative estimate of drug-likeness (QED) is 0.0261. The Hall–Kier alpha value is -2.63. The lowest BCUT2D eigenvalue weighted by atomic mass is 10.0. The van der Waals surface area contributed by atoms with Crippen molar-refractivity contribution in [2.24, 2.45) is 0 Å². The van der Waals surface area contributed by atoms with E-state index in [0.29, 0.717) is 19.3 Å². The second-order valence-electron chi connectivity index (χ2n) is 24.8. The van der Waals surface area contributed by atoms with Gasteiger partial charge in [-0.05, 0) is 103 Å². The van der Waals surface area contributed by atoms with E-state index < -0.39 is 6.10 Å². The number of unbranched alkanes of at least 4 members (excludes halogenated alkanes) is 49. The third kappa shape index (κ3) is 68.2. The van der Waals surface area contributed by atoms with Crippen molar-refractivity contribution in [2.45, 2.75) is 406 Å². The minimum atomic E-state index is -0.778. The minimum absolute atomic E-state index is 0.0728. The Morgan fingerprint density at radius 2 is 0.439 bits per heavy atom. The van der Waals surface area contributed by atoms with E-state index in [1.165, 1.54) is 289 Å². The van der Waals surface area contributed by atoms with Crippen LogP contribution in [0, 0.1) is 0 Å². The zero-order valence-electron chi connectivity index (χ0n) is 55.3. The molecule has 480 valence electrons. The molecule has 1 unspecified atom stereocenters. The van der Waals surface area contributed by atoms with Crippen molar-refractivity contribution in [3.05, 3.63) is 48.6 Å². The molecule has 0 aliphatic heterocycles. The molecule has 6 nitrogen and oxygen atoms in total. The zero-order valence-corrected chi connectivity index (χ0v) is 55.3. The summed E-state index contributed by atoms with van der Waals surface area (Å²) in [5.41, 5.74) is 0. The SMILES string of the molecule is CCCCCCC/C=C\C/C=C\CCCCCCCCCCCCCCCC(=O)OCC(COC(=O)CCCCCCC/C=C\CCCCCCCCC)OC(=O)CCCCCCCCCCCCC/C=C\CCCCCCCCCC. The number of allylic oxidation sites excluding steroid dienone is 8. The smallest absolute Gasteiger partial charge is 0.306 e. The van der Waals surface area contributed by atoms with E-state index in [-0.39, 0.29) is 31.1 Å². The molecular formula is C76H140O6. The Labute approximate surface area is 511 Å². The van der Waals surface area contributed by atoms with Gasteiger partial charge in [0.05, 0.1) is 0 Å². The lowest BCUT2D eigenvalue weighted by molar-refractivity contribution is -0.167. The maximum atomic E-state index is 13.0. The fourth-order valence-electron chi connectivity index (χ4n) is 11.0. The summed E-state index contributed by atoms with van der Waals surface area (Å²) in [5.74, 6) is -0.855. The molecular weight excluding hydrogens is 1010 g/mol. The summed E-state index contributed by atoms with van der Waals surface area (Å²) in [6.45, 7) is 6.69. The molecule has 0 bridgehead atoms. The van der Waals surface area contributed by atoms with Crippen LogP contribution in [0.4, 0.5) is 0 Å². The molecule has 0 aromatic rings. The van der Waals surface area contributed by atoms with E-state index in [0.717, 1.165) is 70.6 Å². The Balaban J connectivity index is 4.30. The summed E-state index contributed by atoms with van der Waals surface area (Å²) >= 11 is 0. The van der Waals surface area contributed by atoms with E-state index >= 15 is 0 Å². The summed E-state index contributed by atoms with van der Waals surface area (Å²) in [6, 6.07) is 0. The third-order valence-corrected chi connectivity index (χ3v) is 16.5. The molecule has 0 N–H and O–H groups in total. The molecule has 0 aromatic carbocycles. The van der Waals surface area contributed by atoms with E-state index in [9.17, 15) is 14.4 Å². The van der Waals surface area contributed by atoms with Crippen LogP contribution >= 0.6 is 0 Å². The van der Waals surface area contributed by atoms with Crippen molar-refractivity contribution in [1.29, 1.82) is 0 Å². The first kappa shape index (κ1) is 79.4. The van der Waals surface area contributed by atoms with E-state index in [1.54, 1.807) is 0 Å². The average Bonchev–Trinajstić information content (AvgIpc) is 3.47. The van der Waals surface area contributed by atoms with Crippen LogP contribution in [-0.4, -0.2) is 37.2 Å². The highest BCUT2D eigenvalue weighted by atomic mass is 16.6. The molecule has 1 atom stereocenters. The molecule has 0 spiro atoms. The third-order valence-electron chi connectivity index (χ3n) is 16.5. The minimum Gasteiger partial charge on any atom is -0.462 e. The first-order valence-corrected chi connectivity index (χ1v) is 36.6. The normalized spacial score (nSPS) is 12.3. The highest BCUT2D eigenvalue weighted by Crippen LogP contribution is 2.18. The van der Waals surface area contributed by atoms with Gasteiger partial charge in [0.2, 0.25) is 0 Å². The van der Waals surface area contributed by atoms with Gasteiger partial charge in [0.25, 0.3) is 0 Å². The lowest BCUT2D eigenvalue weighted by Crippen LogP contribution is -2.30. The van der Waals surface area contributed by atoms with Gasteiger partial charge >= 0.3 is 17.9 Å². The van der Waals surface area contributed by atoms with Crippen molar-refractivity contribution in [3.8, 4) is 0 Å². The lowest BCUT2D eigenvalue weighted by Gasteiger charge is -2.18.